The molecule has 3 aromatic carbocycles. The molecule has 1 aliphatic rings. The first-order chi connectivity index (χ1) is 19.2. The van der Waals surface area contributed by atoms with Crippen molar-refractivity contribution in [1.29, 1.82) is 0 Å². The number of benzene rings is 3. The predicted molar refractivity (Wildman–Crippen MR) is 154 cm³/mol. The molecular weight excluding hydrogens is 532 g/mol. The number of ketones is 2. The van der Waals surface area contributed by atoms with Crippen LogP contribution in [0.15, 0.2) is 54.6 Å². The molecule has 0 saturated carbocycles. The molecule has 3 aromatic rings. The average molecular weight is 567 g/mol. The van der Waals surface area contributed by atoms with Gasteiger partial charge in [0.1, 0.15) is 18.1 Å². The second kappa shape index (κ2) is 13.2. The predicted octanol–water partition coefficient (Wildman–Crippen LogP) is 6.86. The number of hydrogen-bond donors (Lipinski definition) is 0. The van der Waals surface area contributed by atoms with Gasteiger partial charge in [-0.15, -0.1) is 0 Å². The summed E-state index contributed by atoms with van der Waals surface area (Å²) in [5, 5.41) is 0.423. The molecule has 0 aromatic heterocycles. The zero-order valence-electron chi connectivity index (χ0n) is 23.4. The van der Waals surface area contributed by atoms with Gasteiger partial charge in [-0.25, -0.2) is 0 Å². The van der Waals surface area contributed by atoms with Crippen LogP contribution in [0.1, 0.15) is 65.0 Å². The molecule has 1 aliphatic heterocycles. The number of methoxy groups -OCH3 is 2. The average Bonchev–Trinajstić information content (AvgIpc) is 2.96. The van der Waals surface area contributed by atoms with E-state index in [1.165, 1.54) is 7.11 Å². The molecule has 4 rings (SSSR count). The molecule has 0 fully saturated rings. The van der Waals surface area contributed by atoms with E-state index in [0.29, 0.717) is 59.8 Å². The monoisotopic (exact) mass is 566 g/mol. The van der Waals surface area contributed by atoms with Gasteiger partial charge in [0.15, 0.2) is 23.1 Å². The van der Waals surface area contributed by atoms with Crippen molar-refractivity contribution in [3.05, 3.63) is 81.9 Å². The van der Waals surface area contributed by atoms with E-state index in [2.05, 4.69) is 13.8 Å². The minimum absolute atomic E-state index is 0.0655. The van der Waals surface area contributed by atoms with E-state index in [9.17, 15) is 9.59 Å². The van der Waals surface area contributed by atoms with Gasteiger partial charge in [0.25, 0.3) is 0 Å². The van der Waals surface area contributed by atoms with Gasteiger partial charge in [0.05, 0.1) is 39.1 Å². The number of carbonyl (C=O) groups is 2. The van der Waals surface area contributed by atoms with Crippen molar-refractivity contribution in [2.45, 2.75) is 45.1 Å². The van der Waals surface area contributed by atoms with Crippen molar-refractivity contribution in [2.75, 3.05) is 34.0 Å². The highest BCUT2D eigenvalue weighted by molar-refractivity contribution is 6.32. The van der Waals surface area contributed by atoms with Gasteiger partial charge >= 0.3 is 0 Å². The third-order valence-electron chi connectivity index (χ3n) is 7.05. The van der Waals surface area contributed by atoms with E-state index >= 15 is 0 Å². The summed E-state index contributed by atoms with van der Waals surface area (Å²) in [5.41, 5.74) is 2.75. The third kappa shape index (κ3) is 7.14. The first-order valence-electron chi connectivity index (χ1n) is 13.3. The molecule has 7 nitrogen and oxygen atoms in total. The van der Waals surface area contributed by atoms with E-state index in [-0.39, 0.29) is 29.8 Å². The molecule has 0 saturated heterocycles. The SMILES string of the molecule is COc1ccc(COCCOc2ccc(C(=O)CCC(=O)c3cc(Cl)c4c(c3)C(C)(C)CCO4)cc2OC)cc1. The normalized spacial score (nSPS) is 13.6. The standard InChI is InChI=1S/C32H35ClO7/c1-32(2)13-14-40-31-25(32)17-23(18-26(31)33)28(35)11-10-27(34)22-7-12-29(30(19-22)37-4)39-16-15-38-20-21-5-8-24(36-3)9-6-21/h5-9,12,17-19H,10-11,13-16,20H2,1-4H3. The number of carbonyl (C=O) groups excluding carboxylic acids is 2. The van der Waals surface area contributed by atoms with Crippen LogP contribution in [0.5, 0.6) is 23.0 Å². The largest absolute Gasteiger partial charge is 0.497 e. The van der Waals surface area contributed by atoms with Crippen LogP contribution in [0.3, 0.4) is 0 Å². The molecular formula is C32H35ClO7. The number of rotatable bonds is 13. The summed E-state index contributed by atoms with van der Waals surface area (Å²) in [6, 6.07) is 16.2. The fraction of sp³-hybridized carbons (Fsp3) is 0.375. The third-order valence-corrected chi connectivity index (χ3v) is 7.33. The van der Waals surface area contributed by atoms with Crippen molar-refractivity contribution in [3.63, 3.8) is 0 Å². The maximum atomic E-state index is 13.0. The summed E-state index contributed by atoms with van der Waals surface area (Å²) in [5.74, 6) is 2.10. The fourth-order valence-electron chi connectivity index (χ4n) is 4.55. The van der Waals surface area contributed by atoms with Crippen LogP contribution in [0.25, 0.3) is 0 Å². The van der Waals surface area contributed by atoms with E-state index in [4.69, 9.17) is 35.3 Å². The van der Waals surface area contributed by atoms with Crippen LogP contribution in [-0.2, 0) is 16.8 Å². The van der Waals surface area contributed by atoms with Crippen LogP contribution in [0.4, 0.5) is 0 Å². The number of halogens is 1. The second-order valence-electron chi connectivity index (χ2n) is 10.3. The summed E-state index contributed by atoms with van der Waals surface area (Å²) in [6.07, 6.45) is 0.974. The zero-order valence-corrected chi connectivity index (χ0v) is 24.1. The fourth-order valence-corrected chi connectivity index (χ4v) is 4.82. The molecule has 212 valence electrons. The molecule has 0 atom stereocenters. The van der Waals surface area contributed by atoms with Gasteiger partial charge in [-0.3, -0.25) is 9.59 Å². The van der Waals surface area contributed by atoms with E-state index in [1.54, 1.807) is 31.4 Å². The Bertz CT molecular complexity index is 1350. The summed E-state index contributed by atoms with van der Waals surface area (Å²) in [7, 11) is 3.15. The lowest BCUT2D eigenvalue weighted by Crippen LogP contribution is -2.27. The Morgan fingerprint density at radius 3 is 2.30 bits per heavy atom. The molecule has 0 N–H and O–H groups in total. The van der Waals surface area contributed by atoms with Crippen LogP contribution in [-0.4, -0.2) is 45.6 Å². The minimum atomic E-state index is -0.159. The van der Waals surface area contributed by atoms with Crippen LogP contribution in [0.2, 0.25) is 5.02 Å². The van der Waals surface area contributed by atoms with Crippen molar-refractivity contribution in [1.82, 2.24) is 0 Å². The summed E-state index contributed by atoms with van der Waals surface area (Å²) < 4.78 is 27.8. The number of Topliss-reactive ketones (excluding diaryl/α,β-unsaturated/α-hetero) is 2. The Balaban J connectivity index is 1.29. The van der Waals surface area contributed by atoms with Crippen molar-refractivity contribution in [3.8, 4) is 23.0 Å². The quantitative estimate of drug-likeness (QED) is 0.165. The van der Waals surface area contributed by atoms with Crippen LogP contribution >= 0.6 is 11.6 Å². The lowest BCUT2D eigenvalue weighted by molar-refractivity contribution is 0.0878. The zero-order chi connectivity index (χ0) is 28.7. The topological polar surface area (TPSA) is 80.3 Å². The second-order valence-corrected chi connectivity index (χ2v) is 10.7. The lowest BCUT2D eigenvalue weighted by atomic mass is 9.79. The Morgan fingerprint density at radius 2 is 1.60 bits per heavy atom. The molecule has 0 amide bonds. The Labute approximate surface area is 240 Å². The minimum Gasteiger partial charge on any atom is -0.497 e. The highest BCUT2D eigenvalue weighted by Gasteiger charge is 2.31. The number of ether oxygens (including phenoxy) is 5. The molecule has 0 unspecified atom stereocenters. The molecule has 0 aliphatic carbocycles. The maximum Gasteiger partial charge on any atom is 0.163 e. The van der Waals surface area contributed by atoms with Gasteiger partial charge < -0.3 is 23.7 Å². The molecule has 0 bridgehead atoms. The summed E-state index contributed by atoms with van der Waals surface area (Å²) in [6.45, 7) is 5.97. The van der Waals surface area contributed by atoms with E-state index in [1.807, 2.05) is 30.3 Å². The maximum absolute atomic E-state index is 13.0. The van der Waals surface area contributed by atoms with Gasteiger partial charge in [0, 0.05) is 29.5 Å². The first-order valence-corrected chi connectivity index (χ1v) is 13.6. The molecule has 1 heterocycles. The summed E-state index contributed by atoms with van der Waals surface area (Å²) in [4.78, 5) is 25.9. The van der Waals surface area contributed by atoms with Crippen molar-refractivity contribution < 1.29 is 33.3 Å². The molecule has 0 radical (unpaired) electrons. The molecule has 40 heavy (non-hydrogen) atoms. The lowest BCUT2D eigenvalue weighted by Gasteiger charge is -2.33. The Hall–Kier alpha value is -3.55. The molecule has 8 heteroatoms. The highest BCUT2D eigenvalue weighted by atomic mass is 35.5. The first kappa shape index (κ1) is 29.4. The van der Waals surface area contributed by atoms with Gasteiger partial charge in [-0.1, -0.05) is 37.6 Å². The smallest absolute Gasteiger partial charge is 0.163 e. The van der Waals surface area contributed by atoms with Crippen LogP contribution < -0.4 is 18.9 Å². The van der Waals surface area contributed by atoms with Crippen LogP contribution in [0, 0.1) is 0 Å². The van der Waals surface area contributed by atoms with Crippen molar-refractivity contribution in [2.24, 2.45) is 0 Å². The van der Waals surface area contributed by atoms with Crippen molar-refractivity contribution >= 4 is 23.2 Å². The number of fused-ring (bicyclic) bond motifs is 1. The summed E-state index contributed by atoms with van der Waals surface area (Å²) >= 11 is 6.44. The Morgan fingerprint density at radius 1 is 0.875 bits per heavy atom. The number of hydrogen-bond acceptors (Lipinski definition) is 7. The van der Waals surface area contributed by atoms with E-state index in [0.717, 1.165) is 23.3 Å². The van der Waals surface area contributed by atoms with E-state index < -0.39 is 0 Å². The van der Waals surface area contributed by atoms with Gasteiger partial charge in [-0.05, 0) is 59.9 Å². The van der Waals surface area contributed by atoms with Gasteiger partial charge in [0.2, 0.25) is 0 Å². The highest BCUT2D eigenvalue weighted by Crippen LogP contribution is 2.43. The van der Waals surface area contributed by atoms with Gasteiger partial charge in [-0.2, -0.15) is 0 Å². The molecule has 0 spiro atoms. The Kier molecular flexibility index (Phi) is 9.71.